The molecule has 0 bridgehead atoms. The first-order valence-corrected chi connectivity index (χ1v) is 14.7. The Hall–Kier alpha value is -2.56. The largest absolute Gasteiger partial charge is 0.489 e. The molecule has 2 rings (SSSR count). The molecule has 0 spiro atoms. The van der Waals surface area contributed by atoms with E-state index in [1.807, 2.05) is 31.2 Å². The average molecular weight is 513 g/mol. The topological polar surface area (TPSA) is 61.8 Å². The van der Waals surface area contributed by atoms with Gasteiger partial charge in [-0.3, -0.25) is 9.59 Å². The molecule has 0 fully saturated rings. The third-order valence-electron chi connectivity index (χ3n) is 6.52. The van der Waals surface area contributed by atoms with Gasteiger partial charge in [-0.15, -0.1) is 0 Å². The van der Waals surface area contributed by atoms with Crippen molar-refractivity contribution in [2.45, 2.75) is 124 Å². The Morgan fingerprint density at radius 3 is 1.62 bits per heavy atom. The average Bonchev–Trinajstić information content (AvgIpc) is 2.90. The lowest BCUT2D eigenvalue weighted by atomic mass is 9.99. The minimum atomic E-state index is -0.248. The smallest absolute Gasteiger partial charge is 0.311 e. The molecule has 5 heteroatoms. The van der Waals surface area contributed by atoms with Crippen molar-refractivity contribution in [2.24, 2.45) is 0 Å². The Morgan fingerprint density at radius 1 is 0.595 bits per heavy atom. The number of benzene rings is 2. The van der Waals surface area contributed by atoms with E-state index >= 15 is 0 Å². The number of carbonyl (C=O) groups excluding carboxylic acids is 2. The predicted octanol–water partition coefficient (Wildman–Crippen LogP) is 9.11. The Bertz CT molecular complexity index is 965. The van der Waals surface area contributed by atoms with Crippen LogP contribution < -0.4 is 14.2 Å². The summed E-state index contributed by atoms with van der Waals surface area (Å²) >= 11 is 0. The van der Waals surface area contributed by atoms with Crippen LogP contribution in [-0.4, -0.2) is 18.5 Å². The quantitative estimate of drug-likeness (QED) is 0.107. The van der Waals surface area contributed by atoms with Crippen LogP contribution in [0.4, 0.5) is 0 Å². The van der Waals surface area contributed by atoms with Gasteiger partial charge in [-0.05, 0) is 25.7 Å². The van der Waals surface area contributed by atoms with Gasteiger partial charge in [0, 0.05) is 29.2 Å². The summed E-state index contributed by atoms with van der Waals surface area (Å²) in [4.78, 5) is 25.8. The highest BCUT2D eigenvalue weighted by Crippen LogP contribution is 2.47. The second-order valence-corrected chi connectivity index (χ2v) is 9.89. The zero-order valence-electron chi connectivity index (χ0n) is 23.7. The molecule has 206 valence electrons. The van der Waals surface area contributed by atoms with Crippen molar-refractivity contribution in [3.63, 3.8) is 0 Å². The van der Waals surface area contributed by atoms with Gasteiger partial charge in [0.2, 0.25) is 0 Å². The molecule has 0 aliphatic carbocycles. The summed E-state index contributed by atoms with van der Waals surface area (Å²) in [5, 5.41) is 1.51. The number of hydrogen-bond donors (Lipinski definition) is 0. The maximum atomic E-state index is 12.9. The van der Waals surface area contributed by atoms with E-state index in [0.29, 0.717) is 43.1 Å². The van der Waals surface area contributed by atoms with Crippen LogP contribution >= 0.6 is 0 Å². The third-order valence-corrected chi connectivity index (χ3v) is 6.52. The van der Waals surface area contributed by atoms with Crippen LogP contribution in [0.25, 0.3) is 10.8 Å². The van der Waals surface area contributed by atoms with Crippen LogP contribution in [0.1, 0.15) is 123 Å². The lowest BCUT2D eigenvalue weighted by Crippen LogP contribution is -2.14. The van der Waals surface area contributed by atoms with Crippen molar-refractivity contribution in [3.05, 3.63) is 29.8 Å². The van der Waals surface area contributed by atoms with Gasteiger partial charge >= 0.3 is 11.9 Å². The zero-order valence-corrected chi connectivity index (χ0v) is 23.7. The van der Waals surface area contributed by atoms with E-state index in [-0.39, 0.29) is 11.9 Å². The summed E-state index contributed by atoms with van der Waals surface area (Å²) in [6, 6.07) is 7.68. The molecular formula is C32H48O5. The molecule has 0 saturated heterocycles. The van der Waals surface area contributed by atoms with E-state index in [2.05, 4.69) is 20.8 Å². The molecule has 0 saturated carbocycles. The molecule has 0 aromatic heterocycles. The zero-order chi connectivity index (χ0) is 26.9. The van der Waals surface area contributed by atoms with Crippen molar-refractivity contribution in [2.75, 3.05) is 6.61 Å². The highest BCUT2D eigenvalue weighted by molar-refractivity contribution is 6.00. The van der Waals surface area contributed by atoms with Crippen molar-refractivity contribution >= 4 is 22.7 Å². The van der Waals surface area contributed by atoms with E-state index in [1.54, 1.807) is 0 Å². The Labute approximate surface area is 224 Å². The maximum absolute atomic E-state index is 12.9. The van der Waals surface area contributed by atoms with Gasteiger partial charge in [0.1, 0.15) is 5.75 Å². The van der Waals surface area contributed by atoms with Crippen molar-refractivity contribution in [1.82, 2.24) is 0 Å². The number of rotatable bonds is 19. The number of hydrogen-bond acceptors (Lipinski definition) is 5. The molecule has 5 nitrogen and oxygen atoms in total. The fourth-order valence-corrected chi connectivity index (χ4v) is 4.53. The van der Waals surface area contributed by atoms with E-state index in [0.717, 1.165) is 67.7 Å². The lowest BCUT2D eigenvalue weighted by molar-refractivity contribution is -0.135. The SMILES string of the molecule is CCCCCCCC(=O)Oc1c(CCC)c(OCCC)c(OC(=O)CCCCCCC)c2ccccc12. The molecule has 0 amide bonds. The normalized spacial score (nSPS) is 11.0. The van der Waals surface area contributed by atoms with Crippen LogP contribution in [0.3, 0.4) is 0 Å². The van der Waals surface area contributed by atoms with Crippen molar-refractivity contribution in [1.29, 1.82) is 0 Å². The van der Waals surface area contributed by atoms with Crippen molar-refractivity contribution < 1.29 is 23.8 Å². The van der Waals surface area contributed by atoms with Crippen LogP contribution in [-0.2, 0) is 16.0 Å². The van der Waals surface area contributed by atoms with Gasteiger partial charge in [0.05, 0.1) is 6.61 Å². The van der Waals surface area contributed by atoms with Crippen LogP contribution in [0.5, 0.6) is 17.2 Å². The highest BCUT2D eigenvalue weighted by Gasteiger charge is 2.25. The second-order valence-electron chi connectivity index (χ2n) is 9.89. The minimum Gasteiger partial charge on any atom is -0.489 e. The molecule has 2 aromatic rings. The summed E-state index contributed by atoms with van der Waals surface area (Å²) < 4.78 is 18.3. The fourth-order valence-electron chi connectivity index (χ4n) is 4.53. The molecule has 0 atom stereocenters. The van der Waals surface area contributed by atoms with Crippen LogP contribution in [0, 0.1) is 0 Å². The molecular weight excluding hydrogens is 464 g/mol. The van der Waals surface area contributed by atoms with Gasteiger partial charge in [0.25, 0.3) is 0 Å². The lowest BCUT2D eigenvalue weighted by Gasteiger charge is -2.21. The first-order valence-electron chi connectivity index (χ1n) is 14.7. The number of fused-ring (bicyclic) bond motifs is 1. The Morgan fingerprint density at radius 2 is 1.11 bits per heavy atom. The summed E-state index contributed by atoms with van der Waals surface area (Å²) in [5.41, 5.74) is 0.805. The van der Waals surface area contributed by atoms with E-state index in [1.165, 1.54) is 25.7 Å². The molecule has 0 radical (unpaired) electrons. The standard InChI is InChI=1S/C32H48O5/c1-5-9-11-13-15-22-28(33)36-30-25-20-17-18-21-26(25)32(31(35-24-8-4)27(30)19-7-3)37-29(34)23-16-14-12-10-6-2/h17-18,20-21H,5-16,19,22-24H2,1-4H3. The minimum absolute atomic E-state index is 0.225. The van der Waals surface area contributed by atoms with Gasteiger partial charge in [-0.2, -0.15) is 0 Å². The first kappa shape index (κ1) is 30.7. The summed E-state index contributed by atoms with van der Waals surface area (Å²) in [5.74, 6) is 1.05. The number of ether oxygens (including phenoxy) is 3. The summed E-state index contributed by atoms with van der Waals surface area (Å²) in [7, 11) is 0. The number of carbonyl (C=O) groups is 2. The molecule has 0 aliphatic rings. The van der Waals surface area contributed by atoms with Gasteiger partial charge in [-0.1, -0.05) is 110 Å². The second kappa shape index (κ2) is 17.8. The van der Waals surface area contributed by atoms with Crippen molar-refractivity contribution in [3.8, 4) is 17.2 Å². The van der Waals surface area contributed by atoms with E-state index in [9.17, 15) is 9.59 Å². The van der Waals surface area contributed by atoms with Crippen LogP contribution in [0.2, 0.25) is 0 Å². The number of esters is 2. The molecule has 0 heterocycles. The van der Waals surface area contributed by atoms with E-state index in [4.69, 9.17) is 14.2 Å². The molecule has 0 unspecified atom stereocenters. The fraction of sp³-hybridized carbons (Fsp3) is 0.625. The van der Waals surface area contributed by atoms with Gasteiger partial charge in [-0.25, -0.2) is 0 Å². The van der Waals surface area contributed by atoms with Gasteiger partial charge < -0.3 is 14.2 Å². The maximum Gasteiger partial charge on any atom is 0.311 e. The Balaban J connectivity index is 2.39. The predicted molar refractivity (Wildman–Crippen MR) is 152 cm³/mol. The highest BCUT2D eigenvalue weighted by atomic mass is 16.6. The Kier molecular flexibility index (Phi) is 14.8. The van der Waals surface area contributed by atoms with E-state index < -0.39 is 0 Å². The molecule has 37 heavy (non-hydrogen) atoms. The monoisotopic (exact) mass is 512 g/mol. The molecule has 2 aromatic carbocycles. The molecule has 0 aliphatic heterocycles. The van der Waals surface area contributed by atoms with Crippen LogP contribution in [0.15, 0.2) is 24.3 Å². The molecule has 0 N–H and O–H groups in total. The first-order chi connectivity index (χ1) is 18.1. The third kappa shape index (κ3) is 10.0. The summed E-state index contributed by atoms with van der Waals surface area (Å²) in [6.07, 6.45) is 13.8. The van der Waals surface area contributed by atoms with Gasteiger partial charge in [0.15, 0.2) is 11.5 Å². The summed E-state index contributed by atoms with van der Waals surface area (Å²) in [6.45, 7) is 8.98. The number of unbranched alkanes of at least 4 members (excludes halogenated alkanes) is 8.